The van der Waals surface area contributed by atoms with Crippen LogP contribution in [0.3, 0.4) is 0 Å². The molecule has 3 heteroatoms. The summed E-state index contributed by atoms with van der Waals surface area (Å²) in [5.74, 6) is 0.0765. The first-order valence-corrected chi connectivity index (χ1v) is 6.95. The standard InChI is InChI=1S/C16H23NO2/c1-16(2,12-8-5-4-6-9-12)15(18)17-13-10-7-11-14(13)19-3/h4-6,8-9,13-14H,7,10-11H2,1-3H3,(H,17,18)/t13-,14+/m0/s1. The highest BCUT2D eigenvalue weighted by atomic mass is 16.5. The maximum absolute atomic E-state index is 12.5. The second-order valence-electron chi connectivity index (χ2n) is 5.78. The monoisotopic (exact) mass is 261 g/mol. The molecule has 1 fully saturated rings. The lowest BCUT2D eigenvalue weighted by Gasteiger charge is -2.28. The number of rotatable bonds is 4. The van der Waals surface area contributed by atoms with Gasteiger partial charge in [0.05, 0.1) is 17.6 Å². The van der Waals surface area contributed by atoms with Crippen LogP contribution in [0.1, 0.15) is 38.7 Å². The van der Waals surface area contributed by atoms with Gasteiger partial charge in [0.1, 0.15) is 0 Å². The summed E-state index contributed by atoms with van der Waals surface area (Å²) in [6, 6.07) is 10.1. The molecule has 0 aliphatic heterocycles. The Labute approximate surface area is 115 Å². The maximum Gasteiger partial charge on any atom is 0.230 e. The zero-order valence-electron chi connectivity index (χ0n) is 12.0. The van der Waals surface area contributed by atoms with Crippen LogP contribution < -0.4 is 5.32 Å². The van der Waals surface area contributed by atoms with Gasteiger partial charge < -0.3 is 10.1 Å². The van der Waals surface area contributed by atoms with Gasteiger partial charge in [0.25, 0.3) is 0 Å². The number of ether oxygens (including phenoxy) is 1. The summed E-state index contributed by atoms with van der Waals surface area (Å²) in [4.78, 5) is 12.5. The molecule has 0 saturated heterocycles. The first kappa shape index (κ1) is 14.1. The van der Waals surface area contributed by atoms with E-state index in [-0.39, 0.29) is 18.1 Å². The van der Waals surface area contributed by atoms with Gasteiger partial charge in [-0.25, -0.2) is 0 Å². The first-order chi connectivity index (χ1) is 9.05. The Morgan fingerprint density at radius 1 is 1.26 bits per heavy atom. The van der Waals surface area contributed by atoms with E-state index >= 15 is 0 Å². The third-order valence-electron chi connectivity index (χ3n) is 4.13. The molecule has 1 aliphatic rings. The summed E-state index contributed by atoms with van der Waals surface area (Å²) in [6.45, 7) is 3.93. The van der Waals surface area contributed by atoms with Crippen LogP contribution in [0.25, 0.3) is 0 Å². The minimum Gasteiger partial charge on any atom is -0.379 e. The minimum atomic E-state index is -0.512. The molecular weight excluding hydrogens is 238 g/mol. The Bertz CT molecular complexity index is 428. The van der Waals surface area contributed by atoms with Gasteiger partial charge in [-0.05, 0) is 38.7 Å². The quantitative estimate of drug-likeness (QED) is 0.905. The molecule has 1 aromatic carbocycles. The zero-order valence-corrected chi connectivity index (χ0v) is 12.0. The van der Waals surface area contributed by atoms with Gasteiger partial charge >= 0.3 is 0 Å². The second-order valence-corrected chi connectivity index (χ2v) is 5.78. The number of nitrogens with one attached hydrogen (secondary N) is 1. The van der Waals surface area contributed by atoms with Gasteiger partial charge in [-0.3, -0.25) is 4.79 Å². The molecule has 0 spiro atoms. The summed E-state index contributed by atoms with van der Waals surface area (Å²) in [5, 5.41) is 3.15. The molecule has 2 rings (SSSR count). The zero-order chi connectivity index (χ0) is 13.9. The third-order valence-corrected chi connectivity index (χ3v) is 4.13. The topological polar surface area (TPSA) is 38.3 Å². The van der Waals surface area contributed by atoms with Crippen molar-refractivity contribution in [2.75, 3.05) is 7.11 Å². The molecular formula is C16H23NO2. The molecule has 19 heavy (non-hydrogen) atoms. The van der Waals surface area contributed by atoms with Crippen LogP contribution in [-0.2, 0) is 14.9 Å². The van der Waals surface area contributed by atoms with Gasteiger partial charge in [-0.15, -0.1) is 0 Å². The lowest BCUT2D eigenvalue weighted by molar-refractivity contribution is -0.127. The Morgan fingerprint density at radius 3 is 2.58 bits per heavy atom. The smallest absolute Gasteiger partial charge is 0.230 e. The van der Waals surface area contributed by atoms with Crippen LogP contribution in [0.15, 0.2) is 30.3 Å². The molecule has 0 bridgehead atoms. The first-order valence-electron chi connectivity index (χ1n) is 6.95. The van der Waals surface area contributed by atoms with E-state index in [9.17, 15) is 4.79 Å². The van der Waals surface area contributed by atoms with E-state index < -0.39 is 5.41 Å². The molecule has 1 saturated carbocycles. The molecule has 0 heterocycles. The van der Waals surface area contributed by atoms with Crippen molar-refractivity contribution in [2.24, 2.45) is 0 Å². The third kappa shape index (κ3) is 2.98. The number of carbonyl (C=O) groups excluding carboxylic acids is 1. The van der Waals surface area contributed by atoms with Crippen molar-refractivity contribution >= 4 is 5.91 Å². The molecule has 1 N–H and O–H groups in total. The van der Waals surface area contributed by atoms with Crippen LogP contribution in [0.5, 0.6) is 0 Å². The van der Waals surface area contributed by atoms with Crippen LogP contribution in [-0.4, -0.2) is 25.2 Å². The highest BCUT2D eigenvalue weighted by Crippen LogP contribution is 2.26. The molecule has 0 radical (unpaired) electrons. The van der Waals surface area contributed by atoms with Crippen molar-refractivity contribution in [3.8, 4) is 0 Å². The minimum absolute atomic E-state index is 0.0765. The maximum atomic E-state index is 12.5. The van der Waals surface area contributed by atoms with Crippen LogP contribution >= 0.6 is 0 Å². The number of methoxy groups -OCH3 is 1. The van der Waals surface area contributed by atoms with Crippen LogP contribution in [0.2, 0.25) is 0 Å². The SMILES string of the molecule is CO[C@@H]1CCC[C@@H]1NC(=O)C(C)(C)c1ccccc1. The highest BCUT2D eigenvalue weighted by Gasteiger charge is 2.35. The summed E-state index contributed by atoms with van der Waals surface area (Å²) in [7, 11) is 1.72. The van der Waals surface area contributed by atoms with Crippen molar-refractivity contribution in [1.29, 1.82) is 0 Å². The van der Waals surface area contributed by atoms with E-state index in [1.165, 1.54) is 0 Å². The van der Waals surface area contributed by atoms with E-state index in [1.54, 1.807) is 7.11 Å². The van der Waals surface area contributed by atoms with E-state index in [2.05, 4.69) is 5.32 Å². The molecule has 2 atom stereocenters. The molecule has 104 valence electrons. The number of amides is 1. The molecule has 1 amide bonds. The number of hydrogen-bond donors (Lipinski definition) is 1. The van der Waals surface area contributed by atoms with Crippen molar-refractivity contribution in [2.45, 2.75) is 50.7 Å². The van der Waals surface area contributed by atoms with Gasteiger partial charge in [-0.1, -0.05) is 30.3 Å². The summed E-state index contributed by atoms with van der Waals surface area (Å²) in [6.07, 6.45) is 3.33. The normalized spacial score (nSPS) is 23.3. The lowest BCUT2D eigenvalue weighted by atomic mass is 9.83. The van der Waals surface area contributed by atoms with Crippen molar-refractivity contribution in [3.05, 3.63) is 35.9 Å². The van der Waals surface area contributed by atoms with Crippen LogP contribution in [0.4, 0.5) is 0 Å². The van der Waals surface area contributed by atoms with Crippen molar-refractivity contribution < 1.29 is 9.53 Å². The highest BCUT2D eigenvalue weighted by molar-refractivity contribution is 5.87. The summed E-state index contributed by atoms with van der Waals surface area (Å²) >= 11 is 0. The fourth-order valence-electron chi connectivity index (χ4n) is 2.71. The van der Waals surface area contributed by atoms with Crippen molar-refractivity contribution in [1.82, 2.24) is 5.32 Å². The van der Waals surface area contributed by atoms with E-state index in [4.69, 9.17) is 4.74 Å². The van der Waals surface area contributed by atoms with Crippen LogP contribution in [0, 0.1) is 0 Å². The summed E-state index contributed by atoms with van der Waals surface area (Å²) in [5.41, 5.74) is 0.529. The van der Waals surface area contributed by atoms with E-state index in [1.807, 2.05) is 44.2 Å². The van der Waals surface area contributed by atoms with E-state index in [0.717, 1.165) is 24.8 Å². The predicted molar refractivity (Wildman–Crippen MR) is 76.0 cm³/mol. The van der Waals surface area contributed by atoms with Gasteiger partial charge in [-0.2, -0.15) is 0 Å². The molecule has 0 unspecified atom stereocenters. The van der Waals surface area contributed by atoms with Gasteiger partial charge in [0.2, 0.25) is 5.91 Å². The Morgan fingerprint density at radius 2 is 1.95 bits per heavy atom. The number of carbonyl (C=O) groups is 1. The molecule has 1 aromatic rings. The molecule has 3 nitrogen and oxygen atoms in total. The number of benzene rings is 1. The fraction of sp³-hybridized carbons (Fsp3) is 0.562. The van der Waals surface area contributed by atoms with Crippen molar-refractivity contribution in [3.63, 3.8) is 0 Å². The van der Waals surface area contributed by atoms with Gasteiger partial charge in [0.15, 0.2) is 0 Å². The Hall–Kier alpha value is -1.35. The Kier molecular flexibility index (Phi) is 4.25. The average Bonchev–Trinajstić information content (AvgIpc) is 2.87. The largest absolute Gasteiger partial charge is 0.379 e. The number of hydrogen-bond acceptors (Lipinski definition) is 2. The average molecular weight is 261 g/mol. The Balaban J connectivity index is 2.07. The van der Waals surface area contributed by atoms with E-state index in [0.29, 0.717) is 0 Å². The molecule has 0 aromatic heterocycles. The molecule has 1 aliphatic carbocycles. The summed E-state index contributed by atoms with van der Waals surface area (Å²) < 4.78 is 5.43. The lowest BCUT2D eigenvalue weighted by Crippen LogP contribution is -2.48. The second kappa shape index (κ2) is 5.74. The predicted octanol–water partition coefficient (Wildman–Crippen LogP) is 2.65. The fourth-order valence-corrected chi connectivity index (χ4v) is 2.71. The van der Waals surface area contributed by atoms with Gasteiger partial charge in [0, 0.05) is 7.11 Å².